The van der Waals surface area contributed by atoms with Crippen LogP contribution in [0.1, 0.15) is 29.5 Å². The van der Waals surface area contributed by atoms with Crippen LogP contribution in [0.4, 0.5) is 0 Å². The molecule has 9 nitrogen and oxygen atoms in total. The lowest BCUT2D eigenvalue weighted by molar-refractivity contribution is -0.243. The number of carbonyl (C=O) groups is 1. The largest absolute Gasteiger partial charge is 0.457 e. The van der Waals surface area contributed by atoms with Crippen molar-refractivity contribution in [3.63, 3.8) is 0 Å². The topological polar surface area (TPSA) is 120 Å². The number of sulfonamides is 1. The predicted octanol–water partition coefficient (Wildman–Crippen LogP) is 3.32. The van der Waals surface area contributed by atoms with Crippen LogP contribution in [0.25, 0.3) is 0 Å². The number of benzene rings is 3. The number of ether oxygens (including phenoxy) is 4. The van der Waals surface area contributed by atoms with Crippen LogP contribution in [0, 0.1) is 6.92 Å². The summed E-state index contributed by atoms with van der Waals surface area (Å²) in [6.07, 6.45) is -3.02. The Morgan fingerprint density at radius 2 is 1.60 bits per heavy atom. The highest BCUT2D eigenvalue weighted by molar-refractivity contribution is 7.89. The van der Waals surface area contributed by atoms with Crippen molar-refractivity contribution in [2.45, 2.75) is 74.3 Å². The number of aliphatic hydroxyl groups is 1. The van der Waals surface area contributed by atoms with Gasteiger partial charge in [0.05, 0.1) is 30.3 Å². The van der Waals surface area contributed by atoms with E-state index in [2.05, 4.69) is 4.72 Å². The quantitative estimate of drug-likeness (QED) is 0.306. The Balaban J connectivity index is 1.28. The molecule has 2 heterocycles. The van der Waals surface area contributed by atoms with Crippen molar-refractivity contribution < 1.29 is 37.3 Å². The van der Waals surface area contributed by atoms with Gasteiger partial charge in [0.2, 0.25) is 10.0 Å². The first-order chi connectivity index (χ1) is 20.3. The first-order valence-electron chi connectivity index (χ1n) is 14.2. The van der Waals surface area contributed by atoms with Crippen molar-refractivity contribution >= 4 is 16.0 Å². The highest BCUT2D eigenvalue weighted by Gasteiger charge is 2.53. The summed E-state index contributed by atoms with van der Waals surface area (Å²) in [6, 6.07) is 25.8. The van der Waals surface area contributed by atoms with E-state index >= 15 is 0 Å². The van der Waals surface area contributed by atoms with Gasteiger partial charge in [-0.05, 0) is 36.6 Å². The Bertz CT molecular complexity index is 1400. The molecule has 0 saturated carbocycles. The van der Waals surface area contributed by atoms with Gasteiger partial charge in [-0.3, -0.25) is 4.79 Å². The molecule has 2 aliphatic rings. The number of hydrogen-bond acceptors (Lipinski definition) is 8. The van der Waals surface area contributed by atoms with Crippen LogP contribution in [0.5, 0.6) is 0 Å². The van der Waals surface area contributed by atoms with E-state index in [1.54, 1.807) is 24.3 Å². The summed E-state index contributed by atoms with van der Waals surface area (Å²) in [6.45, 7) is 1.78. The van der Waals surface area contributed by atoms with E-state index in [0.717, 1.165) is 16.7 Å². The average molecular weight is 596 g/mol. The zero-order valence-corrected chi connectivity index (χ0v) is 24.3. The molecule has 0 bridgehead atoms. The Labute approximate surface area is 246 Å². The van der Waals surface area contributed by atoms with E-state index in [0.29, 0.717) is 12.8 Å². The maximum Gasteiger partial charge on any atom is 0.306 e. The molecular weight excluding hydrogens is 558 g/mol. The van der Waals surface area contributed by atoms with Crippen molar-refractivity contribution in [3.8, 4) is 0 Å². The molecule has 224 valence electrons. The summed E-state index contributed by atoms with van der Waals surface area (Å²) in [5.74, 6) is -0.432. The second-order valence-electron chi connectivity index (χ2n) is 10.7. The molecule has 5 rings (SSSR count). The van der Waals surface area contributed by atoms with E-state index in [-0.39, 0.29) is 31.1 Å². The molecule has 0 aliphatic carbocycles. The van der Waals surface area contributed by atoms with Crippen molar-refractivity contribution in [1.82, 2.24) is 4.72 Å². The highest BCUT2D eigenvalue weighted by atomic mass is 32.2. The van der Waals surface area contributed by atoms with Gasteiger partial charge in [-0.2, -0.15) is 0 Å². The first kappa shape index (κ1) is 30.3. The van der Waals surface area contributed by atoms with Crippen molar-refractivity contribution in [2.24, 2.45) is 0 Å². The van der Waals surface area contributed by atoms with Crippen LogP contribution < -0.4 is 4.72 Å². The van der Waals surface area contributed by atoms with Gasteiger partial charge in [0, 0.05) is 19.4 Å². The van der Waals surface area contributed by atoms with Gasteiger partial charge in [0.1, 0.15) is 18.3 Å². The third-order valence-corrected chi connectivity index (χ3v) is 9.04. The molecule has 3 aromatic rings. The summed E-state index contributed by atoms with van der Waals surface area (Å²) in [4.78, 5) is 13.1. The summed E-state index contributed by atoms with van der Waals surface area (Å²) in [7, 11) is -3.74. The minimum absolute atomic E-state index is 0.0310. The molecule has 0 amide bonds. The number of nitrogens with one attached hydrogen (secondary N) is 1. The van der Waals surface area contributed by atoms with E-state index in [4.69, 9.17) is 18.9 Å². The molecule has 42 heavy (non-hydrogen) atoms. The third-order valence-electron chi connectivity index (χ3n) is 7.60. The zero-order valence-electron chi connectivity index (χ0n) is 23.5. The maximum atomic E-state index is 13.0. The highest BCUT2D eigenvalue weighted by Crippen LogP contribution is 2.36. The molecule has 0 spiro atoms. The summed E-state index contributed by atoms with van der Waals surface area (Å²) < 4.78 is 53.1. The van der Waals surface area contributed by atoms with Crippen LogP contribution in [0.15, 0.2) is 89.8 Å². The zero-order chi connectivity index (χ0) is 29.5. The molecule has 6 atom stereocenters. The van der Waals surface area contributed by atoms with Gasteiger partial charge in [-0.1, -0.05) is 78.4 Å². The molecule has 2 saturated heterocycles. The molecule has 2 aliphatic heterocycles. The number of rotatable bonds is 12. The van der Waals surface area contributed by atoms with E-state index in [1.807, 2.05) is 67.6 Å². The fourth-order valence-electron chi connectivity index (χ4n) is 5.36. The minimum Gasteiger partial charge on any atom is -0.457 e. The van der Waals surface area contributed by atoms with Gasteiger partial charge in [-0.25, -0.2) is 13.1 Å². The smallest absolute Gasteiger partial charge is 0.306 e. The Kier molecular flexibility index (Phi) is 10.0. The van der Waals surface area contributed by atoms with Crippen LogP contribution in [0.3, 0.4) is 0 Å². The van der Waals surface area contributed by atoms with E-state index in [1.165, 1.54) is 0 Å². The fourth-order valence-corrected chi connectivity index (χ4v) is 6.43. The van der Waals surface area contributed by atoms with Crippen LogP contribution in [-0.2, 0) is 46.8 Å². The molecule has 10 heteroatoms. The van der Waals surface area contributed by atoms with E-state index in [9.17, 15) is 18.3 Å². The van der Waals surface area contributed by atoms with E-state index < -0.39 is 52.6 Å². The minimum atomic E-state index is -3.74. The SMILES string of the molecule is Cc1ccc(S(=O)(=O)NCC2C[C@H]3O[C@H](CO)[C@@H](OC(=O)CCc4ccccc4)[C@H](OCc4ccccc4)[C@H]3O2)cc1. The average Bonchev–Trinajstić information content (AvgIpc) is 3.42. The maximum absolute atomic E-state index is 13.0. The third kappa shape index (κ3) is 7.63. The Hall–Kier alpha value is -3.12. The summed E-state index contributed by atoms with van der Waals surface area (Å²) in [5.41, 5.74) is 2.90. The Morgan fingerprint density at radius 1 is 0.929 bits per heavy atom. The summed E-state index contributed by atoms with van der Waals surface area (Å²) in [5, 5.41) is 10.2. The van der Waals surface area contributed by atoms with Gasteiger partial charge >= 0.3 is 5.97 Å². The summed E-state index contributed by atoms with van der Waals surface area (Å²) >= 11 is 0. The van der Waals surface area contributed by atoms with Crippen LogP contribution >= 0.6 is 0 Å². The lowest BCUT2D eigenvalue weighted by atomic mass is 9.94. The van der Waals surface area contributed by atoms with Gasteiger partial charge in [0.15, 0.2) is 6.10 Å². The van der Waals surface area contributed by atoms with Gasteiger partial charge in [-0.15, -0.1) is 0 Å². The second-order valence-corrected chi connectivity index (χ2v) is 12.5. The fraction of sp³-hybridized carbons (Fsp3) is 0.406. The van der Waals surface area contributed by atoms with Gasteiger partial charge in [0.25, 0.3) is 0 Å². The monoisotopic (exact) mass is 595 g/mol. The number of fused-ring (bicyclic) bond motifs is 1. The molecule has 1 unspecified atom stereocenters. The second kappa shape index (κ2) is 13.9. The molecule has 0 aromatic heterocycles. The first-order valence-corrected chi connectivity index (χ1v) is 15.7. The van der Waals surface area contributed by atoms with Crippen molar-refractivity contribution in [1.29, 1.82) is 0 Å². The van der Waals surface area contributed by atoms with Crippen LogP contribution in [-0.4, -0.2) is 69.3 Å². The standard InChI is InChI=1S/C32H37NO8S/c1-22-12-15-26(16-13-22)42(36,37)33-19-25-18-27-30(39-25)32(38-21-24-10-6-3-7-11-24)31(28(20-34)40-27)41-29(35)17-14-23-8-4-2-5-9-23/h2-13,15-16,25,27-28,30-34H,14,17-21H2,1H3/t25?,27-,28-,30+,31-,32-/m1/s1. The van der Waals surface area contributed by atoms with Gasteiger partial charge < -0.3 is 24.1 Å². The van der Waals surface area contributed by atoms with Crippen LogP contribution in [0.2, 0.25) is 0 Å². The lowest BCUT2D eigenvalue weighted by Gasteiger charge is -2.42. The lowest BCUT2D eigenvalue weighted by Crippen LogP contribution is -2.59. The normalized spacial score (nSPS) is 25.6. The number of aliphatic hydroxyl groups excluding tert-OH is 1. The van der Waals surface area contributed by atoms with Crippen molar-refractivity contribution in [3.05, 3.63) is 102 Å². The number of carbonyl (C=O) groups excluding carboxylic acids is 1. The molecular formula is C32H37NO8S. The number of aryl methyl sites for hydroxylation is 2. The van der Waals surface area contributed by atoms with Crippen molar-refractivity contribution in [2.75, 3.05) is 13.2 Å². The number of hydrogen-bond donors (Lipinski definition) is 2. The predicted molar refractivity (Wildman–Crippen MR) is 155 cm³/mol. The molecule has 2 fully saturated rings. The Morgan fingerprint density at radius 3 is 2.26 bits per heavy atom. The number of esters is 1. The molecule has 2 N–H and O–H groups in total. The molecule has 0 radical (unpaired) electrons. The molecule has 3 aromatic carbocycles.